The molecule has 0 aliphatic heterocycles. The van der Waals surface area contributed by atoms with Crippen LogP contribution in [-0.2, 0) is 0 Å². The lowest BCUT2D eigenvalue weighted by atomic mass is 10.0. The van der Waals surface area contributed by atoms with Gasteiger partial charge in [0.2, 0.25) is 5.78 Å². The summed E-state index contributed by atoms with van der Waals surface area (Å²) in [5, 5.41) is 0. The Balaban J connectivity index is 2.30. The number of benzene rings is 1. The molecule has 0 unspecified atom stereocenters. The average Bonchev–Trinajstić information content (AvgIpc) is 2.88. The Morgan fingerprint density at radius 2 is 1.82 bits per heavy atom. The molecule has 0 spiro atoms. The van der Waals surface area contributed by atoms with Crippen LogP contribution in [0.1, 0.15) is 22.5 Å². The minimum Gasteiger partial charge on any atom is -0.496 e. The number of fused-ring (bicyclic) bond motifs is 1. The van der Waals surface area contributed by atoms with Gasteiger partial charge in [-0.3, -0.25) is 4.40 Å². The van der Waals surface area contributed by atoms with Gasteiger partial charge in [0.25, 0.3) is 0 Å². The number of aryl methyl sites for hydroxylation is 4. The molecule has 0 fully saturated rings. The molecule has 0 aliphatic carbocycles. The molecule has 3 rings (SSSR count). The molecule has 0 aliphatic rings. The first-order valence-corrected chi connectivity index (χ1v) is 7.89. The van der Waals surface area contributed by atoms with Gasteiger partial charge in [0.05, 0.1) is 23.0 Å². The van der Waals surface area contributed by atoms with Crippen molar-refractivity contribution >= 4 is 21.7 Å². The highest BCUT2D eigenvalue weighted by Crippen LogP contribution is 2.34. The Hall–Kier alpha value is -1.88. The number of ether oxygens (including phenoxy) is 1. The quantitative estimate of drug-likeness (QED) is 0.680. The number of rotatable bonds is 2. The minimum absolute atomic E-state index is 0.703. The highest BCUT2D eigenvalue weighted by Gasteiger charge is 2.15. The number of halogens is 1. The molecular formula is C17H18BrN3O. The van der Waals surface area contributed by atoms with Crippen LogP contribution in [0.2, 0.25) is 0 Å². The van der Waals surface area contributed by atoms with Crippen LogP contribution in [0.3, 0.4) is 0 Å². The van der Waals surface area contributed by atoms with Gasteiger partial charge >= 0.3 is 0 Å². The highest BCUT2D eigenvalue weighted by molar-refractivity contribution is 9.10. The zero-order valence-electron chi connectivity index (χ0n) is 13.4. The minimum atomic E-state index is 0.703. The third-order valence-corrected chi connectivity index (χ3v) is 5.00. The van der Waals surface area contributed by atoms with E-state index in [1.807, 2.05) is 17.5 Å². The van der Waals surface area contributed by atoms with Crippen LogP contribution in [0.4, 0.5) is 0 Å². The zero-order valence-corrected chi connectivity index (χ0v) is 14.9. The fourth-order valence-corrected chi connectivity index (χ4v) is 3.09. The van der Waals surface area contributed by atoms with Gasteiger partial charge in [-0.05, 0) is 60.8 Å². The van der Waals surface area contributed by atoms with E-state index in [9.17, 15) is 0 Å². The first-order chi connectivity index (χ1) is 10.4. The number of methoxy groups -OCH3 is 1. The van der Waals surface area contributed by atoms with Gasteiger partial charge in [0, 0.05) is 17.5 Å². The van der Waals surface area contributed by atoms with Gasteiger partial charge in [-0.2, -0.15) is 0 Å². The van der Waals surface area contributed by atoms with E-state index in [-0.39, 0.29) is 0 Å². The molecular weight excluding hydrogens is 342 g/mol. The van der Waals surface area contributed by atoms with Crippen LogP contribution < -0.4 is 4.74 Å². The Morgan fingerprint density at radius 1 is 1.09 bits per heavy atom. The van der Waals surface area contributed by atoms with Crippen molar-refractivity contribution in [2.24, 2.45) is 0 Å². The summed E-state index contributed by atoms with van der Waals surface area (Å²) >= 11 is 3.58. The molecule has 2 heterocycles. The molecule has 5 heteroatoms. The Labute approximate surface area is 138 Å². The predicted molar refractivity (Wildman–Crippen MR) is 91.6 cm³/mol. The molecule has 2 aromatic heterocycles. The van der Waals surface area contributed by atoms with E-state index < -0.39 is 0 Å². The summed E-state index contributed by atoms with van der Waals surface area (Å²) in [7, 11) is 1.70. The summed E-state index contributed by atoms with van der Waals surface area (Å²) in [4.78, 5) is 9.23. The van der Waals surface area contributed by atoms with E-state index >= 15 is 0 Å². The van der Waals surface area contributed by atoms with Gasteiger partial charge in [-0.1, -0.05) is 6.07 Å². The highest BCUT2D eigenvalue weighted by atomic mass is 79.9. The van der Waals surface area contributed by atoms with Gasteiger partial charge in [-0.15, -0.1) is 0 Å². The molecule has 22 heavy (non-hydrogen) atoms. The Morgan fingerprint density at radius 3 is 2.50 bits per heavy atom. The smallest absolute Gasteiger partial charge is 0.234 e. The van der Waals surface area contributed by atoms with Crippen LogP contribution in [-0.4, -0.2) is 21.5 Å². The lowest BCUT2D eigenvalue weighted by Gasteiger charge is -2.10. The third kappa shape index (κ3) is 2.29. The molecule has 0 bridgehead atoms. The van der Waals surface area contributed by atoms with Crippen molar-refractivity contribution in [3.63, 3.8) is 0 Å². The second-order valence-corrected chi connectivity index (χ2v) is 6.35. The predicted octanol–water partition coefficient (Wildman–Crippen LogP) is 4.40. The van der Waals surface area contributed by atoms with Crippen LogP contribution in [0.25, 0.3) is 17.0 Å². The number of aromatic nitrogens is 3. The van der Waals surface area contributed by atoms with Crippen molar-refractivity contribution in [3.8, 4) is 17.0 Å². The van der Waals surface area contributed by atoms with Crippen LogP contribution in [0.5, 0.6) is 5.75 Å². The number of hydrogen-bond acceptors (Lipinski definition) is 3. The van der Waals surface area contributed by atoms with Gasteiger partial charge < -0.3 is 4.74 Å². The molecule has 0 N–H and O–H groups in total. The fraction of sp³-hybridized carbons (Fsp3) is 0.294. The van der Waals surface area contributed by atoms with Gasteiger partial charge in [0.1, 0.15) is 5.75 Å². The Kier molecular flexibility index (Phi) is 3.68. The van der Waals surface area contributed by atoms with Crippen molar-refractivity contribution in [1.29, 1.82) is 0 Å². The molecule has 0 saturated heterocycles. The maximum atomic E-state index is 5.58. The summed E-state index contributed by atoms with van der Waals surface area (Å²) in [5.41, 5.74) is 6.19. The summed E-state index contributed by atoms with van der Waals surface area (Å²) in [6, 6.07) is 4.22. The molecule has 114 valence electrons. The molecule has 3 aromatic rings. The van der Waals surface area contributed by atoms with Crippen molar-refractivity contribution in [2.45, 2.75) is 27.7 Å². The van der Waals surface area contributed by atoms with E-state index in [2.05, 4.69) is 58.8 Å². The second kappa shape index (κ2) is 5.39. The number of nitrogens with zero attached hydrogens (tertiary/aromatic N) is 3. The normalized spacial score (nSPS) is 11.2. The summed E-state index contributed by atoms with van der Waals surface area (Å²) < 4.78 is 8.59. The summed E-state index contributed by atoms with van der Waals surface area (Å²) in [6.45, 7) is 8.16. The molecule has 1 aromatic carbocycles. The Bertz CT molecular complexity index is 883. The van der Waals surface area contributed by atoms with Crippen molar-refractivity contribution < 1.29 is 4.74 Å². The first kappa shape index (κ1) is 15.0. The zero-order chi connectivity index (χ0) is 16.0. The average molecular weight is 360 g/mol. The van der Waals surface area contributed by atoms with Crippen molar-refractivity contribution in [1.82, 2.24) is 14.4 Å². The monoisotopic (exact) mass is 359 g/mol. The SMILES string of the molecule is COc1c(C)cc(C)cc1-c1cn2c(C)c(Br)c(C)nc2n1. The first-order valence-electron chi connectivity index (χ1n) is 7.09. The molecule has 4 nitrogen and oxygen atoms in total. The van der Waals surface area contributed by atoms with Crippen LogP contribution in [0.15, 0.2) is 22.8 Å². The van der Waals surface area contributed by atoms with E-state index in [0.717, 1.165) is 38.4 Å². The molecule has 0 radical (unpaired) electrons. The van der Waals surface area contributed by atoms with Crippen molar-refractivity contribution in [2.75, 3.05) is 7.11 Å². The molecule has 0 saturated carbocycles. The van der Waals surface area contributed by atoms with E-state index in [1.54, 1.807) is 7.11 Å². The number of hydrogen-bond donors (Lipinski definition) is 0. The topological polar surface area (TPSA) is 39.4 Å². The van der Waals surface area contributed by atoms with E-state index in [0.29, 0.717) is 5.78 Å². The molecule has 0 amide bonds. The maximum Gasteiger partial charge on any atom is 0.234 e. The van der Waals surface area contributed by atoms with E-state index in [4.69, 9.17) is 4.74 Å². The van der Waals surface area contributed by atoms with Gasteiger partial charge in [-0.25, -0.2) is 9.97 Å². The lowest BCUT2D eigenvalue weighted by Crippen LogP contribution is -1.97. The van der Waals surface area contributed by atoms with E-state index in [1.165, 1.54) is 5.56 Å². The maximum absolute atomic E-state index is 5.58. The number of imidazole rings is 1. The summed E-state index contributed by atoms with van der Waals surface area (Å²) in [5.74, 6) is 1.57. The fourth-order valence-electron chi connectivity index (χ4n) is 2.81. The summed E-state index contributed by atoms with van der Waals surface area (Å²) in [6.07, 6.45) is 2.01. The second-order valence-electron chi connectivity index (χ2n) is 5.56. The van der Waals surface area contributed by atoms with Crippen LogP contribution >= 0.6 is 15.9 Å². The van der Waals surface area contributed by atoms with Gasteiger partial charge in [0.15, 0.2) is 0 Å². The molecule has 0 atom stereocenters. The van der Waals surface area contributed by atoms with Crippen LogP contribution in [0, 0.1) is 27.7 Å². The largest absolute Gasteiger partial charge is 0.496 e. The lowest BCUT2D eigenvalue weighted by molar-refractivity contribution is 0.413. The van der Waals surface area contributed by atoms with Crippen molar-refractivity contribution in [3.05, 3.63) is 45.3 Å². The third-order valence-electron chi connectivity index (χ3n) is 3.85. The standard InChI is InChI=1S/C17H18BrN3O/c1-9-6-10(2)16(22-5)13(7-9)14-8-21-12(4)15(18)11(3)19-17(21)20-14/h6-8H,1-5H3.